The van der Waals surface area contributed by atoms with Crippen LogP contribution in [0.1, 0.15) is 56.5 Å². The second kappa shape index (κ2) is 13.2. The molecule has 0 aliphatic carbocycles. The second-order valence-electron chi connectivity index (χ2n) is 10.5. The summed E-state index contributed by atoms with van der Waals surface area (Å²) >= 11 is 0. The Kier molecular flexibility index (Phi) is 9.75. The third-order valence-corrected chi connectivity index (χ3v) is 6.92. The average molecular weight is 560 g/mol. The molecule has 218 valence electrons. The van der Waals surface area contributed by atoms with Crippen molar-refractivity contribution in [1.82, 2.24) is 24.8 Å². The number of piperazine rings is 1. The van der Waals surface area contributed by atoms with Gasteiger partial charge in [0.2, 0.25) is 11.8 Å². The molecule has 1 aromatic heterocycles. The summed E-state index contributed by atoms with van der Waals surface area (Å²) in [6, 6.07) is 4.63. The van der Waals surface area contributed by atoms with E-state index in [1.54, 1.807) is 36.8 Å². The normalized spacial score (nSPS) is 17.2. The number of nitrogens with zero attached hydrogens (tertiary/aromatic N) is 5. The number of rotatable bonds is 8. The van der Waals surface area contributed by atoms with Gasteiger partial charge in [-0.1, -0.05) is 0 Å². The summed E-state index contributed by atoms with van der Waals surface area (Å²) in [6.07, 6.45) is 1.36. The van der Waals surface area contributed by atoms with Crippen LogP contribution in [0.2, 0.25) is 0 Å². The molecule has 0 atom stereocenters. The first kappa shape index (κ1) is 29.5. The molecule has 0 N–H and O–H groups in total. The van der Waals surface area contributed by atoms with Crippen LogP contribution in [0.3, 0.4) is 0 Å². The summed E-state index contributed by atoms with van der Waals surface area (Å²) in [5, 5.41) is 1.55. The van der Waals surface area contributed by atoms with Crippen molar-refractivity contribution in [3.05, 3.63) is 41.5 Å². The molecule has 2 aliphatic heterocycles. The molecule has 2 saturated heterocycles. The van der Waals surface area contributed by atoms with Crippen LogP contribution in [-0.2, 0) is 9.57 Å². The summed E-state index contributed by atoms with van der Waals surface area (Å²) in [6.45, 7) is 13.3. The lowest BCUT2D eigenvalue weighted by Gasteiger charge is -2.37. The Bertz CT molecular complexity index is 1180. The summed E-state index contributed by atoms with van der Waals surface area (Å²) < 4.78 is 31.9. The molecule has 0 saturated carbocycles. The Labute approximate surface area is 234 Å². The van der Waals surface area contributed by atoms with Crippen molar-refractivity contribution in [2.24, 2.45) is 0 Å². The van der Waals surface area contributed by atoms with Gasteiger partial charge in [0.1, 0.15) is 12.4 Å². The highest BCUT2D eigenvalue weighted by molar-refractivity contribution is 5.94. The van der Waals surface area contributed by atoms with Gasteiger partial charge >= 0.3 is 6.16 Å². The lowest BCUT2D eigenvalue weighted by atomic mass is 10.1. The lowest BCUT2D eigenvalue weighted by molar-refractivity contribution is -0.151. The molecule has 0 unspecified atom stereocenters. The predicted molar refractivity (Wildman–Crippen MR) is 144 cm³/mol. The van der Waals surface area contributed by atoms with Crippen LogP contribution in [0.5, 0.6) is 17.5 Å². The van der Waals surface area contributed by atoms with Crippen LogP contribution >= 0.6 is 0 Å². The maximum Gasteiger partial charge on any atom is 0.528 e. The molecule has 2 fully saturated rings. The monoisotopic (exact) mass is 559 g/mol. The first-order chi connectivity index (χ1) is 19.1. The maximum atomic E-state index is 15.0. The van der Waals surface area contributed by atoms with E-state index in [2.05, 4.69) is 28.7 Å². The van der Waals surface area contributed by atoms with Gasteiger partial charge < -0.3 is 23.9 Å². The van der Waals surface area contributed by atoms with Crippen LogP contribution in [-0.4, -0.2) is 94.4 Å². The molecule has 0 bridgehead atoms. The highest BCUT2D eigenvalue weighted by Gasteiger charge is 2.27. The number of amides is 1. The van der Waals surface area contributed by atoms with Gasteiger partial charge in [-0.25, -0.2) is 19.2 Å². The zero-order valence-corrected chi connectivity index (χ0v) is 23.8. The van der Waals surface area contributed by atoms with Crippen LogP contribution in [0.4, 0.5) is 9.18 Å². The number of ether oxygens (including phenoxy) is 3. The molecule has 40 heavy (non-hydrogen) atoms. The topological polar surface area (TPSA) is 107 Å². The molecule has 3 heterocycles. The van der Waals surface area contributed by atoms with Gasteiger partial charge in [0.05, 0.1) is 11.7 Å². The maximum absolute atomic E-state index is 15.0. The fraction of sp³-hybridized carbons (Fsp3) is 0.571. The molecule has 0 radical (unpaired) electrons. The van der Waals surface area contributed by atoms with E-state index in [0.29, 0.717) is 56.5 Å². The molecule has 2 aromatic rings. The van der Waals surface area contributed by atoms with E-state index in [1.165, 1.54) is 18.5 Å². The molecule has 0 spiro atoms. The third-order valence-electron chi connectivity index (χ3n) is 6.92. The summed E-state index contributed by atoms with van der Waals surface area (Å²) in [5.41, 5.74) is 0.795. The van der Waals surface area contributed by atoms with Gasteiger partial charge in [0, 0.05) is 63.7 Å². The van der Waals surface area contributed by atoms with Crippen molar-refractivity contribution in [1.29, 1.82) is 0 Å². The van der Waals surface area contributed by atoms with E-state index in [9.17, 15) is 9.59 Å². The number of hydrogen-bond acceptors (Lipinski definition) is 10. The first-order valence-corrected chi connectivity index (χ1v) is 13.7. The fourth-order valence-corrected chi connectivity index (χ4v) is 4.60. The van der Waals surface area contributed by atoms with Crippen LogP contribution in [0, 0.1) is 12.7 Å². The van der Waals surface area contributed by atoms with Crippen molar-refractivity contribution in [2.45, 2.75) is 65.7 Å². The zero-order valence-electron chi connectivity index (χ0n) is 23.8. The molecule has 1 aromatic carbocycles. The quantitative estimate of drug-likeness (QED) is 0.437. The molecule has 4 rings (SSSR count). The number of hydrogen-bond donors (Lipinski definition) is 0. The van der Waals surface area contributed by atoms with Gasteiger partial charge in [-0.2, -0.15) is 0 Å². The molecule has 1 amide bonds. The van der Waals surface area contributed by atoms with E-state index in [1.807, 2.05) is 0 Å². The van der Waals surface area contributed by atoms with Crippen LogP contribution in [0.25, 0.3) is 0 Å². The molecular weight excluding hydrogens is 521 g/mol. The zero-order chi connectivity index (χ0) is 28.8. The first-order valence-electron chi connectivity index (χ1n) is 13.7. The largest absolute Gasteiger partial charge is 0.528 e. The Morgan fingerprint density at radius 2 is 1.65 bits per heavy atom. The van der Waals surface area contributed by atoms with Crippen LogP contribution < -0.4 is 9.47 Å². The number of benzene rings is 1. The molecule has 2 aliphatic rings. The average Bonchev–Trinajstić information content (AvgIpc) is 2.92. The minimum Gasteiger partial charge on any atom is -0.474 e. The predicted octanol–water partition coefficient (Wildman–Crippen LogP) is 4.20. The molecular formula is C28H38FN5O6. The highest BCUT2D eigenvalue weighted by atomic mass is 19.1. The highest BCUT2D eigenvalue weighted by Crippen LogP contribution is 2.31. The van der Waals surface area contributed by atoms with Gasteiger partial charge in [-0.05, 0) is 52.8 Å². The van der Waals surface area contributed by atoms with Gasteiger partial charge in [0.25, 0.3) is 5.91 Å². The molecule has 12 heteroatoms. The number of hydroxylamine groups is 2. The number of carbonyl (C=O) groups is 2. The van der Waals surface area contributed by atoms with E-state index in [4.69, 9.17) is 19.0 Å². The van der Waals surface area contributed by atoms with E-state index < -0.39 is 12.0 Å². The van der Waals surface area contributed by atoms with Gasteiger partial charge in [0.15, 0.2) is 11.6 Å². The number of carbonyl (C=O) groups excluding carboxylic acids is 2. The summed E-state index contributed by atoms with van der Waals surface area (Å²) in [5.74, 6) is -0.416. The van der Waals surface area contributed by atoms with E-state index in [0.717, 1.165) is 13.1 Å². The molecule has 11 nitrogen and oxygen atoms in total. The van der Waals surface area contributed by atoms with Crippen molar-refractivity contribution < 1.29 is 33.0 Å². The number of piperidine rings is 1. The summed E-state index contributed by atoms with van der Waals surface area (Å²) in [7, 11) is 0. The third kappa shape index (κ3) is 7.57. The van der Waals surface area contributed by atoms with Gasteiger partial charge in [-0.3, -0.25) is 9.69 Å². The smallest absolute Gasteiger partial charge is 0.474 e. The van der Waals surface area contributed by atoms with Crippen molar-refractivity contribution in [3.63, 3.8) is 0 Å². The summed E-state index contributed by atoms with van der Waals surface area (Å²) in [4.78, 5) is 42.3. The number of aromatic nitrogens is 2. The van der Waals surface area contributed by atoms with E-state index >= 15 is 4.39 Å². The van der Waals surface area contributed by atoms with E-state index in [-0.39, 0.29) is 35.3 Å². The van der Waals surface area contributed by atoms with Crippen molar-refractivity contribution in [2.75, 3.05) is 39.3 Å². The SMILES string of the molecule is Cc1c(Oc2ccc(C(=O)N3CCN(C(C)C)CC3)cc2F)ncnc1OC1CCN(OC(=O)OC(C)C)CC1. The Morgan fingerprint density at radius 3 is 2.27 bits per heavy atom. The minimum absolute atomic E-state index is 0.0485. The Balaban J connectivity index is 1.33. The number of halogens is 1. The minimum atomic E-state index is -0.725. The fourth-order valence-electron chi connectivity index (χ4n) is 4.60. The Hall–Kier alpha value is -3.51. The van der Waals surface area contributed by atoms with Crippen molar-refractivity contribution in [3.8, 4) is 17.5 Å². The van der Waals surface area contributed by atoms with Crippen molar-refractivity contribution >= 4 is 12.1 Å². The lowest BCUT2D eigenvalue weighted by Crippen LogP contribution is -2.50. The second-order valence-corrected chi connectivity index (χ2v) is 10.5. The van der Waals surface area contributed by atoms with Crippen LogP contribution in [0.15, 0.2) is 24.5 Å². The Morgan fingerprint density at radius 1 is 0.975 bits per heavy atom. The standard InChI is InChI=1S/C28H38FN5O6/c1-18(2)32-12-14-33(15-13-32)27(35)21-6-7-24(23(29)16-21)39-26-20(5)25(30-17-31-26)38-22-8-10-34(11-9-22)40-28(36)37-19(3)4/h6-7,16-19,22H,8-15H2,1-5H3. The van der Waals surface area contributed by atoms with Gasteiger partial charge in [-0.15, -0.1) is 5.06 Å².